The molecular weight excluding hydrogens is 366 g/mol. The summed E-state index contributed by atoms with van der Waals surface area (Å²) in [6.07, 6.45) is 2.08. The van der Waals surface area contributed by atoms with Crippen molar-refractivity contribution in [3.05, 3.63) is 71.9 Å². The maximum Gasteiger partial charge on any atom is 0.408 e. The molecule has 3 rings (SSSR count). The Kier molecular flexibility index (Phi) is 6.89. The molecule has 0 saturated carbocycles. The quantitative estimate of drug-likeness (QED) is 0.545. The molecular formula is C23H27N3O3. The van der Waals surface area contributed by atoms with Crippen LogP contribution < -0.4 is 10.6 Å². The number of carbonyl (C=O) groups excluding carboxylic acids is 2. The number of amides is 2. The Hall–Kier alpha value is -3.28. The van der Waals surface area contributed by atoms with Crippen LogP contribution in [0.4, 0.5) is 4.79 Å². The van der Waals surface area contributed by atoms with Gasteiger partial charge in [0.15, 0.2) is 0 Å². The van der Waals surface area contributed by atoms with Crippen LogP contribution in [0, 0.1) is 5.92 Å². The first-order valence-corrected chi connectivity index (χ1v) is 9.84. The van der Waals surface area contributed by atoms with E-state index in [-0.39, 0.29) is 18.4 Å². The number of alkyl carbamates (subject to hydrolysis) is 1. The Bertz CT molecular complexity index is 950. The van der Waals surface area contributed by atoms with Crippen LogP contribution in [0.1, 0.15) is 25.0 Å². The Labute approximate surface area is 170 Å². The molecule has 0 bridgehead atoms. The summed E-state index contributed by atoms with van der Waals surface area (Å²) >= 11 is 0. The van der Waals surface area contributed by atoms with E-state index in [1.54, 1.807) is 0 Å². The van der Waals surface area contributed by atoms with E-state index in [2.05, 4.69) is 21.7 Å². The molecule has 152 valence electrons. The molecule has 1 aromatic heterocycles. The number of nitrogens with one attached hydrogen (secondary N) is 3. The lowest BCUT2D eigenvalue weighted by Crippen LogP contribution is -2.50. The number of H-pyrrole nitrogens is 1. The van der Waals surface area contributed by atoms with Crippen molar-refractivity contribution in [2.75, 3.05) is 6.54 Å². The van der Waals surface area contributed by atoms with E-state index >= 15 is 0 Å². The zero-order valence-electron chi connectivity index (χ0n) is 16.8. The average Bonchev–Trinajstić information content (AvgIpc) is 3.14. The highest BCUT2D eigenvalue weighted by Crippen LogP contribution is 2.17. The van der Waals surface area contributed by atoms with Crippen LogP contribution in [0.2, 0.25) is 0 Å². The summed E-state index contributed by atoms with van der Waals surface area (Å²) < 4.78 is 5.24. The molecule has 0 saturated heterocycles. The molecule has 3 N–H and O–H groups in total. The predicted molar refractivity (Wildman–Crippen MR) is 113 cm³/mol. The summed E-state index contributed by atoms with van der Waals surface area (Å²) in [6.45, 7) is 4.44. The van der Waals surface area contributed by atoms with Crippen molar-refractivity contribution in [3.8, 4) is 0 Å². The van der Waals surface area contributed by atoms with Gasteiger partial charge in [-0.15, -0.1) is 0 Å². The van der Waals surface area contributed by atoms with Crippen LogP contribution in [0.3, 0.4) is 0 Å². The van der Waals surface area contributed by atoms with E-state index < -0.39 is 12.1 Å². The normalized spacial score (nSPS) is 12.0. The van der Waals surface area contributed by atoms with Gasteiger partial charge in [-0.3, -0.25) is 4.79 Å². The Morgan fingerprint density at radius 3 is 2.52 bits per heavy atom. The van der Waals surface area contributed by atoms with Crippen LogP contribution in [0.15, 0.2) is 60.8 Å². The standard InChI is InChI=1S/C23H27N3O3/c1-16(2)21(26-23(28)29-15-17-8-4-3-5-9-17)22(27)24-13-12-18-14-25-20-11-7-6-10-19(18)20/h3-11,14,16,21,25H,12-13,15H2,1-2H3,(H,24,27)(H,26,28). The van der Waals surface area contributed by atoms with Gasteiger partial charge in [0, 0.05) is 23.6 Å². The van der Waals surface area contributed by atoms with Crippen molar-refractivity contribution in [2.45, 2.75) is 32.9 Å². The van der Waals surface area contributed by atoms with Crippen LogP contribution in [0.25, 0.3) is 10.9 Å². The van der Waals surface area contributed by atoms with Gasteiger partial charge in [-0.2, -0.15) is 0 Å². The fourth-order valence-corrected chi connectivity index (χ4v) is 3.20. The third-order valence-electron chi connectivity index (χ3n) is 4.80. The first-order chi connectivity index (χ1) is 14.0. The second kappa shape index (κ2) is 9.78. The van der Waals surface area contributed by atoms with Gasteiger partial charge in [-0.05, 0) is 29.5 Å². The molecule has 2 amide bonds. The Balaban J connectivity index is 1.49. The number of fused-ring (bicyclic) bond motifs is 1. The Morgan fingerprint density at radius 2 is 1.76 bits per heavy atom. The van der Waals surface area contributed by atoms with Crippen molar-refractivity contribution >= 4 is 22.9 Å². The van der Waals surface area contributed by atoms with Gasteiger partial charge in [-0.25, -0.2) is 4.79 Å². The number of aromatic amines is 1. The summed E-state index contributed by atoms with van der Waals surface area (Å²) in [5.41, 5.74) is 3.13. The van der Waals surface area contributed by atoms with Crippen molar-refractivity contribution in [1.29, 1.82) is 0 Å². The van der Waals surface area contributed by atoms with Crippen molar-refractivity contribution in [3.63, 3.8) is 0 Å². The van der Waals surface area contributed by atoms with E-state index in [4.69, 9.17) is 4.74 Å². The lowest BCUT2D eigenvalue weighted by atomic mass is 10.0. The summed E-state index contributed by atoms with van der Waals surface area (Å²) in [6, 6.07) is 16.8. The van der Waals surface area contributed by atoms with Crippen LogP contribution >= 0.6 is 0 Å². The van der Waals surface area contributed by atoms with Crippen molar-refractivity contribution in [1.82, 2.24) is 15.6 Å². The van der Waals surface area contributed by atoms with Crippen molar-refractivity contribution < 1.29 is 14.3 Å². The molecule has 1 atom stereocenters. The maximum absolute atomic E-state index is 12.6. The molecule has 6 heteroatoms. The highest BCUT2D eigenvalue weighted by Gasteiger charge is 2.24. The van der Waals surface area contributed by atoms with Gasteiger partial charge >= 0.3 is 6.09 Å². The largest absolute Gasteiger partial charge is 0.445 e. The minimum Gasteiger partial charge on any atom is -0.445 e. The highest BCUT2D eigenvalue weighted by atomic mass is 16.5. The van der Waals surface area contributed by atoms with Crippen LogP contribution in [-0.4, -0.2) is 29.6 Å². The van der Waals surface area contributed by atoms with Crippen LogP contribution in [-0.2, 0) is 22.6 Å². The molecule has 2 aromatic carbocycles. The minimum atomic E-state index is -0.652. The third-order valence-corrected chi connectivity index (χ3v) is 4.80. The Morgan fingerprint density at radius 1 is 1.03 bits per heavy atom. The van der Waals surface area contributed by atoms with Gasteiger partial charge in [-0.1, -0.05) is 62.4 Å². The van der Waals surface area contributed by atoms with Crippen molar-refractivity contribution in [2.24, 2.45) is 5.92 Å². The lowest BCUT2D eigenvalue weighted by Gasteiger charge is -2.21. The van der Waals surface area contributed by atoms with Gasteiger partial charge in [0.2, 0.25) is 5.91 Å². The number of carbonyl (C=O) groups is 2. The fourth-order valence-electron chi connectivity index (χ4n) is 3.20. The van der Waals surface area contributed by atoms with E-state index in [0.717, 1.165) is 22.0 Å². The summed E-state index contributed by atoms with van der Waals surface area (Å²) in [5, 5.41) is 6.76. The summed E-state index contributed by atoms with van der Waals surface area (Å²) in [5.74, 6) is -0.274. The highest BCUT2D eigenvalue weighted by molar-refractivity contribution is 5.86. The number of aromatic nitrogens is 1. The van der Waals surface area contributed by atoms with E-state index in [1.165, 1.54) is 0 Å². The predicted octanol–water partition coefficient (Wildman–Crippen LogP) is 3.78. The topological polar surface area (TPSA) is 83.2 Å². The molecule has 0 spiro atoms. The van der Waals surface area contributed by atoms with Gasteiger partial charge < -0.3 is 20.4 Å². The van der Waals surface area contributed by atoms with Gasteiger partial charge in [0.1, 0.15) is 12.6 Å². The van der Waals surface area contributed by atoms with E-state index in [1.807, 2.05) is 68.6 Å². The monoisotopic (exact) mass is 393 g/mol. The smallest absolute Gasteiger partial charge is 0.408 e. The van der Waals surface area contributed by atoms with Gasteiger partial charge in [0.25, 0.3) is 0 Å². The molecule has 3 aromatic rings. The molecule has 0 aliphatic heterocycles. The van der Waals surface area contributed by atoms with E-state index in [0.29, 0.717) is 13.0 Å². The molecule has 0 radical (unpaired) electrons. The zero-order chi connectivity index (χ0) is 20.6. The van der Waals surface area contributed by atoms with Crippen LogP contribution in [0.5, 0.6) is 0 Å². The molecule has 0 fully saturated rings. The molecule has 1 heterocycles. The minimum absolute atomic E-state index is 0.0626. The average molecular weight is 393 g/mol. The number of rotatable bonds is 8. The number of hydrogen-bond acceptors (Lipinski definition) is 3. The second-order valence-electron chi connectivity index (χ2n) is 7.33. The first-order valence-electron chi connectivity index (χ1n) is 9.84. The molecule has 0 aliphatic carbocycles. The lowest BCUT2D eigenvalue weighted by molar-refractivity contribution is -0.124. The molecule has 0 aliphatic rings. The maximum atomic E-state index is 12.6. The summed E-state index contributed by atoms with van der Waals surface area (Å²) in [7, 11) is 0. The third kappa shape index (κ3) is 5.60. The number of benzene rings is 2. The molecule has 6 nitrogen and oxygen atoms in total. The first kappa shape index (κ1) is 20.5. The SMILES string of the molecule is CC(C)C(NC(=O)OCc1ccccc1)C(=O)NCCc1c[nH]c2ccccc12. The number of hydrogen-bond donors (Lipinski definition) is 3. The fraction of sp³-hybridized carbons (Fsp3) is 0.304. The van der Waals surface area contributed by atoms with E-state index in [9.17, 15) is 9.59 Å². The zero-order valence-corrected chi connectivity index (χ0v) is 16.8. The molecule has 29 heavy (non-hydrogen) atoms. The number of ether oxygens (including phenoxy) is 1. The summed E-state index contributed by atoms with van der Waals surface area (Å²) in [4.78, 5) is 28.0. The number of para-hydroxylation sites is 1. The second-order valence-corrected chi connectivity index (χ2v) is 7.33. The molecule has 1 unspecified atom stereocenters. The van der Waals surface area contributed by atoms with Gasteiger partial charge in [0.05, 0.1) is 0 Å².